The molecule has 1 aromatic rings. The number of hydrogen-bond donors (Lipinski definition) is 1. The predicted molar refractivity (Wildman–Crippen MR) is 101 cm³/mol. The lowest BCUT2D eigenvalue weighted by atomic mass is 9.75. The second-order valence-electron chi connectivity index (χ2n) is 5.79. The molecule has 1 N–H and O–H groups in total. The number of rotatable bonds is 5. The normalized spacial score (nSPS) is 19.8. The minimum absolute atomic E-state index is 0.216. The summed E-state index contributed by atoms with van der Waals surface area (Å²) in [6, 6.07) is 5.01. The summed E-state index contributed by atoms with van der Waals surface area (Å²) in [5, 5.41) is 3.72. The first kappa shape index (κ1) is 20.3. The van der Waals surface area contributed by atoms with E-state index in [2.05, 4.69) is 11.9 Å². The molecule has 2 rings (SSSR count). The molecule has 0 saturated heterocycles. The van der Waals surface area contributed by atoms with Gasteiger partial charge in [-0.05, 0) is 38.5 Å². The standard InChI is InChI=1S/C19H21Cl2NO4/c1-5-25-18(23)15-10(3)22-11(4)16(19(24)26-6-2)17(15)12-7-8-13(20)14(21)9-12/h7-9,15,17,22H,3,5-6H2,1-2,4H3. The Hall–Kier alpha value is -1.98. The Balaban J connectivity index is 2.64. The van der Waals surface area contributed by atoms with Gasteiger partial charge in [0.25, 0.3) is 0 Å². The highest BCUT2D eigenvalue weighted by Gasteiger charge is 2.43. The molecule has 0 fully saturated rings. The fourth-order valence-electron chi connectivity index (χ4n) is 3.05. The van der Waals surface area contributed by atoms with Crippen LogP contribution in [0, 0.1) is 5.92 Å². The quantitative estimate of drug-likeness (QED) is 0.753. The summed E-state index contributed by atoms with van der Waals surface area (Å²) < 4.78 is 10.4. The molecule has 140 valence electrons. The summed E-state index contributed by atoms with van der Waals surface area (Å²) in [5.41, 5.74) is 2.02. The Morgan fingerprint density at radius 1 is 1.15 bits per heavy atom. The van der Waals surface area contributed by atoms with Gasteiger partial charge in [0.15, 0.2) is 0 Å². The number of carbonyl (C=O) groups is 2. The lowest BCUT2D eigenvalue weighted by Gasteiger charge is -2.35. The molecule has 1 aliphatic rings. The maximum Gasteiger partial charge on any atom is 0.336 e. The summed E-state index contributed by atoms with van der Waals surface area (Å²) in [6.07, 6.45) is 0. The number of nitrogens with one attached hydrogen (secondary N) is 1. The van der Waals surface area contributed by atoms with Gasteiger partial charge in [0.1, 0.15) is 5.92 Å². The number of hydrogen-bond acceptors (Lipinski definition) is 5. The van der Waals surface area contributed by atoms with E-state index < -0.39 is 23.8 Å². The van der Waals surface area contributed by atoms with Gasteiger partial charge < -0.3 is 14.8 Å². The summed E-state index contributed by atoms with van der Waals surface area (Å²) >= 11 is 12.2. The highest BCUT2D eigenvalue weighted by Crippen LogP contribution is 2.42. The lowest BCUT2D eigenvalue weighted by molar-refractivity contribution is -0.147. The van der Waals surface area contributed by atoms with Crippen molar-refractivity contribution in [3.05, 3.63) is 57.4 Å². The molecule has 0 bridgehead atoms. The first-order chi connectivity index (χ1) is 12.3. The lowest BCUT2D eigenvalue weighted by Crippen LogP contribution is -2.39. The maximum absolute atomic E-state index is 12.6. The minimum atomic E-state index is -0.796. The Labute approximate surface area is 162 Å². The zero-order valence-corrected chi connectivity index (χ0v) is 16.4. The van der Waals surface area contributed by atoms with Gasteiger partial charge in [-0.15, -0.1) is 0 Å². The van der Waals surface area contributed by atoms with Crippen LogP contribution in [0.2, 0.25) is 10.0 Å². The fraction of sp³-hybridized carbons (Fsp3) is 0.368. The number of esters is 2. The fourth-order valence-corrected chi connectivity index (χ4v) is 3.36. The largest absolute Gasteiger partial charge is 0.465 e. The van der Waals surface area contributed by atoms with Crippen LogP contribution in [0.25, 0.3) is 0 Å². The average Bonchev–Trinajstić information content (AvgIpc) is 2.57. The van der Waals surface area contributed by atoms with Crippen LogP contribution in [0.3, 0.4) is 0 Å². The van der Waals surface area contributed by atoms with Crippen LogP contribution in [0.5, 0.6) is 0 Å². The van der Waals surface area contributed by atoms with E-state index in [0.717, 1.165) is 0 Å². The molecule has 1 heterocycles. The third-order valence-corrected chi connectivity index (χ3v) is 4.85. The summed E-state index contributed by atoms with van der Waals surface area (Å²) in [4.78, 5) is 25.2. The molecule has 7 heteroatoms. The van der Waals surface area contributed by atoms with E-state index in [1.165, 1.54) is 0 Å². The van der Waals surface area contributed by atoms with E-state index in [4.69, 9.17) is 32.7 Å². The van der Waals surface area contributed by atoms with Crippen molar-refractivity contribution in [2.24, 2.45) is 5.92 Å². The van der Waals surface area contributed by atoms with Crippen LogP contribution in [-0.4, -0.2) is 25.2 Å². The summed E-state index contributed by atoms with van der Waals surface area (Å²) in [7, 11) is 0. The highest BCUT2D eigenvalue weighted by molar-refractivity contribution is 6.42. The SMILES string of the molecule is C=C1NC(C)=C(C(=O)OCC)C(c2ccc(Cl)c(Cl)c2)C1C(=O)OCC. The first-order valence-corrected chi connectivity index (χ1v) is 9.02. The Morgan fingerprint density at radius 3 is 2.38 bits per heavy atom. The van der Waals surface area contributed by atoms with E-state index in [0.29, 0.717) is 32.6 Å². The Kier molecular flexibility index (Phi) is 6.73. The van der Waals surface area contributed by atoms with Crippen LogP contribution < -0.4 is 5.32 Å². The molecule has 0 amide bonds. The highest BCUT2D eigenvalue weighted by atomic mass is 35.5. The third kappa shape index (κ3) is 4.05. The smallest absolute Gasteiger partial charge is 0.336 e. The predicted octanol–water partition coefficient (Wildman–Crippen LogP) is 4.21. The van der Waals surface area contributed by atoms with E-state index in [-0.39, 0.29) is 13.2 Å². The van der Waals surface area contributed by atoms with Gasteiger partial charge in [0.2, 0.25) is 0 Å². The summed E-state index contributed by atoms with van der Waals surface area (Å²) in [5.74, 6) is -2.42. The number of ether oxygens (including phenoxy) is 2. The molecular formula is C19H21Cl2NO4. The molecule has 1 aromatic carbocycles. The average molecular weight is 398 g/mol. The number of halogens is 2. The molecule has 5 nitrogen and oxygen atoms in total. The van der Waals surface area contributed by atoms with Gasteiger partial charge >= 0.3 is 11.9 Å². The van der Waals surface area contributed by atoms with Crippen LogP contribution in [-0.2, 0) is 19.1 Å². The van der Waals surface area contributed by atoms with Crippen LogP contribution in [0.4, 0.5) is 0 Å². The molecule has 0 radical (unpaired) electrons. The van der Waals surface area contributed by atoms with Crippen molar-refractivity contribution in [2.45, 2.75) is 26.7 Å². The van der Waals surface area contributed by atoms with Crippen molar-refractivity contribution < 1.29 is 19.1 Å². The topological polar surface area (TPSA) is 64.6 Å². The Bertz CT molecular complexity index is 773. The van der Waals surface area contributed by atoms with Crippen molar-refractivity contribution in [1.29, 1.82) is 0 Å². The van der Waals surface area contributed by atoms with Gasteiger partial charge in [0, 0.05) is 17.3 Å². The van der Waals surface area contributed by atoms with Crippen LogP contribution >= 0.6 is 23.2 Å². The van der Waals surface area contributed by atoms with E-state index in [1.54, 1.807) is 39.0 Å². The molecule has 0 aromatic heterocycles. The Morgan fingerprint density at radius 2 is 1.81 bits per heavy atom. The molecule has 0 saturated carbocycles. The van der Waals surface area contributed by atoms with Crippen molar-refractivity contribution in [1.82, 2.24) is 5.32 Å². The second kappa shape index (κ2) is 8.60. The number of carbonyl (C=O) groups excluding carboxylic acids is 2. The van der Waals surface area contributed by atoms with Crippen LogP contribution in [0.1, 0.15) is 32.3 Å². The zero-order chi connectivity index (χ0) is 19.4. The van der Waals surface area contributed by atoms with E-state index in [9.17, 15) is 9.59 Å². The molecule has 1 aliphatic heterocycles. The number of benzene rings is 1. The monoisotopic (exact) mass is 397 g/mol. The van der Waals surface area contributed by atoms with Crippen molar-refractivity contribution in [3.63, 3.8) is 0 Å². The van der Waals surface area contributed by atoms with Gasteiger partial charge in [-0.25, -0.2) is 4.79 Å². The second-order valence-corrected chi connectivity index (χ2v) is 6.60. The molecule has 2 atom stereocenters. The molecular weight excluding hydrogens is 377 g/mol. The summed E-state index contributed by atoms with van der Waals surface area (Å²) in [6.45, 7) is 9.56. The van der Waals surface area contributed by atoms with Gasteiger partial charge in [-0.1, -0.05) is 35.8 Å². The maximum atomic E-state index is 12.6. The minimum Gasteiger partial charge on any atom is -0.465 e. The molecule has 0 aliphatic carbocycles. The van der Waals surface area contributed by atoms with E-state index in [1.807, 2.05) is 0 Å². The van der Waals surface area contributed by atoms with Gasteiger partial charge in [-0.3, -0.25) is 4.79 Å². The van der Waals surface area contributed by atoms with Gasteiger partial charge in [-0.2, -0.15) is 0 Å². The molecule has 0 spiro atoms. The first-order valence-electron chi connectivity index (χ1n) is 8.27. The molecule has 2 unspecified atom stereocenters. The molecule has 26 heavy (non-hydrogen) atoms. The zero-order valence-electron chi connectivity index (χ0n) is 14.9. The number of allylic oxidation sites excluding steroid dienone is 1. The van der Waals surface area contributed by atoms with Crippen molar-refractivity contribution in [3.8, 4) is 0 Å². The van der Waals surface area contributed by atoms with Crippen molar-refractivity contribution in [2.75, 3.05) is 13.2 Å². The van der Waals surface area contributed by atoms with Crippen LogP contribution in [0.15, 0.2) is 41.7 Å². The third-order valence-electron chi connectivity index (χ3n) is 4.11. The van der Waals surface area contributed by atoms with Gasteiger partial charge in [0.05, 0.1) is 28.8 Å². The van der Waals surface area contributed by atoms with E-state index >= 15 is 0 Å². The van der Waals surface area contributed by atoms with Crippen molar-refractivity contribution >= 4 is 35.1 Å².